The summed E-state index contributed by atoms with van der Waals surface area (Å²) in [5.74, 6) is 0. The lowest BCUT2D eigenvalue weighted by molar-refractivity contribution is 0.111. The van der Waals surface area contributed by atoms with Crippen molar-refractivity contribution in [1.29, 1.82) is 0 Å². The Balaban J connectivity index is 2.05. The van der Waals surface area contributed by atoms with E-state index in [9.17, 15) is 9.59 Å². The zero-order chi connectivity index (χ0) is 15.6. The van der Waals surface area contributed by atoms with Gasteiger partial charge in [-0.25, -0.2) is 0 Å². The molecule has 0 amide bonds. The number of carbonyl (C=O) groups excluding carboxylic acids is 2. The lowest BCUT2D eigenvalue weighted by Crippen LogP contribution is -2.09. The highest BCUT2D eigenvalue weighted by Gasteiger charge is 2.12. The summed E-state index contributed by atoms with van der Waals surface area (Å²) in [5.41, 5.74) is 4.65. The van der Waals surface area contributed by atoms with Crippen LogP contribution in [0.3, 0.4) is 0 Å². The normalized spacial score (nSPS) is 10.9. The number of nitrogens with zero attached hydrogens (tertiary/aromatic N) is 4. The van der Waals surface area contributed by atoms with Gasteiger partial charge >= 0.3 is 0 Å². The highest BCUT2D eigenvalue weighted by molar-refractivity contribution is 5.78. The van der Waals surface area contributed by atoms with Crippen LogP contribution in [0.1, 0.15) is 49.9 Å². The highest BCUT2D eigenvalue weighted by Crippen LogP contribution is 2.13. The number of hydrogen-bond donors (Lipinski definition) is 0. The molecule has 6 nitrogen and oxygen atoms in total. The predicted octanol–water partition coefficient (Wildman–Crippen LogP) is 2.03. The molecule has 0 radical (unpaired) electrons. The van der Waals surface area contributed by atoms with Gasteiger partial charge in [0, 0.05) is 24.5 Å². The molecule has 2 rings (SSSR count). The number of carbonyl (C=O) groups is 2. The molecule has 6 heteroatoms. The molecule has 0 saturated heterocycles. The summed E-state index contributed by atoms with van der Waals surface area (Å²) in [6, 6.07) is 0. The van der Waals surface area contributed by atoms with Crippen molar-refractivity contribution in [3.8, 4) is 0 Å². The van der Waals surface area contributed by atoms with E-state index in [1.807, 2.05) is 37.1 Å². The Bertz CT molecular complexity index is 624. The third kappa shape index (κ3) is 2.79. The van der Waals surface area contributed by atoms with Crippen LogP contribution in [0.15, 0.2) is 0 Å². The summed E-state index contributed by atoms with van der Waals surface area (Å²) in [4.78, 5) is 21.9. The molecule has 0 fully saturated rings. The number of hydrogen-bond acceptors (Lipinski definition) is 4. The van der Waals surface area contributed by atoms with Crippen molar-refractivity contribution >= 4 is 12.6 Å². The molecule has 0 atom stereocenters. The van der Waals surface area contributed by atoms with Crippen LogP contribution in [-0.2, 0) is 13.1 Å². The molecule has 0 aliphatic carbocycles. The van der Waals surface area contributed by atoms with Gasteiger partial charge in [0.2, 0.25) is 0 Å². The van der Waals surface area contributed by atoms with Gasteiger partial charge in [0.1, 0.15) is 0 Å². The Hall–Kier alpha value is -2.24. The lowest BCUT2D eigenvalue weighted by Gasteiger charge is -2.06. The van der Waals surface area contributed by atoms with Crippen molar-refractivity contribution in [2.45, 2.75) is 47.2 Å². The first kappa shape index (κ1) is 15.2. The van der Waals surface area contributed by atoms with Crippen LogP contribution in [0.4, 0.5) is 0 Å². The van der Waals surface area contributed by atoms with Crippen molar-refractivity contribution < 1.29 is 9.59 Å². The minimum absolute atomic E-state index is 0.671. The van der Waals surface area contributed by atoms with Crippen LogP contribution >= 0.6 is 0 Å². The molecule has 0 spiro atoms. The summed E-state index contributed by atoms with van der Waals surface area (Å²) in [6.45, 7) is 8.91. The summed E-state index contributed by atoms with van der Waals surface area (Å²) >= 11 is 0. The van der Waals surface area contributed by atoms with Crippen LogP contribution < -0.4 is 0 Å². The van der Waals surface area contributed by atoms with Gasteiger partial charge in [0.15, 0.2) is 12.6 Å². The second-order valence-corrected chi connectivity index (χ2v) is 5.20. The SMILES string of the molecule is Cc1nn(CCCn2nc(C)c(C=O)c2C)c(C)c1C=O. The largest absolute Gasteiger partial charge is 0.298 e. The fourth-order valence-electron chi connectivity index (χ4n) is 2.57. The first-order chi connectivity index (χ1) is 9.99. The number of aryl methyl sites for hydroxylation is 4. The first-order valence-electron chi connectivity index (χ1n) is 6.98. The van der Waals surface area contributed by atoms with Crippen molar-refractivity contribution in [2.24, 2.45) is 0 Å². The van der Waals surface area contributed by atoms with Crippen LogP contribution in [0.5, 0.6) is 0 Å². The maximum atomic E-state index is 11.0. The maximum absolute atomic E-state index is 11.0. The van der Waals surface area contributed by atoms with E-state index in [2.05, 4.69) is 10.2 Å². The molecule has 2 aromatic rings. The molecule has 21 heavy (non-hydrogen) atoms. The summed E-state index contributed by atoms with van der Waals surface area (Å²) in [6.07, 6.45) is 2.54. The third-order valence-electron chi connectivity index (χ3n) is 3.85. The van der Waals surface area contributed by atoms with Gasteiger partial charge in [0.05, 0.1) is 22.5 Å². The van der Waals surface area contributed by atoms with Crippen molar-refractivity contribution in [3.63, 3.8) is 0 Å². The average Bonchev–Trinajstić information content (AvgIpc) is 2.87. The molecule has 2 aromatic heterocycles. The molecule has 0 N–H and O–H groups in total. The van der Waals surface area contributed by atoms with Crippen LogP contribution in [0.2, 0.25) is 0 Å². The van der Waals surface area contributed by atoms with Gasteiger partial charge in [0.25, 0.3) is 0 Å². The Morgan fingerprint density at radius 3 is 1.48 bits per heavy atom. The number of rotatable bonds is 6. The molecule has 2 heterocycles. The van der Waals surface area contributed by atoms with E-state index in [-0.39, 0.29) is 0 Å². The molecular formula is C15H20N4O2. The molecule has 0 aliphatic rings. The fraction of sp³-hybridized carbons (Fsp3) is 0.467. The molecule has 0 saturated carbocycles. The molecule has 0 aromatic carbocycles. The van der Waals surface area contributed by atoms with Crippen LogP contribution in [0.25, 0.3) is 0 Å². The topological polar surface area (TPSA) is 69.8 Å². The van der Waals surface area contributed by atoms with Gasteiger partial charge < -0.3 is 0 Å². The van der Waals surface area contributed by atoms with E-state index < -0.39 is 0 Å². The fourth-order valence-corrected chi connectivity index (χ4v) is 2.57. The van der Waals surface area contributed by atoms with E-state index in [0.29, 0.717) is 11.1 Å². The first-order valence-corrected chi connectivity index (χ1v) is 6.98. The molecule has 112 valence electrons. The van der Waals surface area contributed by atoms with E-state index >= 15 is 0 Å². The Labute approximate surface area is 123 Å². The van der Waals surface area contributed by atoms with E-state index in [1.54, 1.807) is 0 Å². The predicted molar refractivity (Wildman–Crippen MR) is 78.8 cm³/mol. The zero-order valence-corrected chi connectivity index (χ0v) is 12.9. The Morgan fingerprint density at radius 1 is 0.810 bits per heavy atom. The molecule has 0 bridgehead atoms. The highest BCUT2D eigenvalue weighted by atomic mass is 16.1. The molecule has 0 unspecified atom stereocenters. The third-order valence-corrected chi connectivity index (χ3v) is 3.85. The minimum atomic E-state index is 0.671. The van der Waals surface area contributed by atoms with Crippen molar-refractivity contribution in [2.75, 3.05) is 0 Å². The minimum Gasteiger partial charge on any atom is -0.298 e. The second-order valence-electron chi connectivity index (χ2n) is 5.20. The lowest BCUT2D eigenvalue weighted by atomic mass is 10.2. The maximum Gasteiger partial charge on any atom is 0.153 e. The van der Waals surface area contributed by atoms with Gasteiger partial charge in [-0.2, -0.15) is 10.2 Å². The quantitative estimate of drug-likeness (QED) is 0.763. The van der Waals surface area contributed by atoms with Crippen LogP contribution in [-0.4, -0.2) is 32.1 Å². The van der Waals surface area contributed by atoms with Gasteiger partial charge in [-0.3, -0.25) is 19.0 Å². The molecular weight excluding hydrogens is 268 g/mol. The van der Waals surface area contributed by atoms with Crippen molar-refractivity contribution in [1.82, 2.24) is 19.6 Å². The standard InChI is InChI=1S/C15H20N4O2/c1-10-14(8-20)12(3)18(16-10)6-5-7-19-13(4)15(9-21)11(2)17-19/h8-9H,5-7H2,1-4H3. The Kier molecular flexibility index (Phi) is 4.35. The number of aldehydes is 2. The monoisotopic (exact) mass is 288 g/mol. The van der Waals surface area contributed by atoms with Gasteiger partial charge in [-0.05, 0) is 34.1 Å². The van der Waals surface area contributed by atoms with Gasteiger partial charge in [-0.1, -0.05) is 0 Å². The Morgan fingerprint density at radius 2 is 1.19 bits per heavy atom. The van der Waals surface area contributed by atoms with E-state index in [0.717, 1.165) is 54.9 Å². The van der Waals surface area contributed by atoms with E-state index in [1.165, 1.54) is 0 Å². The summed E-state index contributed by atoms with van der Waals surface area (Å²) < 4.78 is 3.71. The smallest absolute Gasteiger partial charge is 0.153 e. The van der Waals surface area contributed by atoms with Crippen molar-refractivity contribution in [3.05, 3.63) is 33.9 Å². The summed E-state index contributed by atoms with van der Waals surface area (Å²) in [5, 5.41) is 8.75. The van der Waals surface area contributed by atoms with Gasteiger partial charge in [-0.15, -0.1) is 0 Å². The summed E-state index contributed by atoms with van der Waals surface area (Å²) in [7, 11) is 0. The molecule has 0 aliphatic heterocycles. The second kappa shape index (κ2) is 6.03. The van der Waals surface area contributed by atoms with Crippen LogP contribution in [0, 0.1) is 27.7 Å². The van der Waals surface area contributed by atoms with E-state index in [4.69, 9.17) is 0 Å². The zero-order valence-electron chi connectivity index (χ0n) is 12.9. The average molecular weight is 288 g/mol. The number of aromatic nitrogens is 4.